The van der Waals surface area contributed by atoms with Crippen LogP contribution in [0.15, 0.2) is 29.4 Å². The normalized spacial score (nSPS) is 14.6. The van der Waals surface area contributed by atoms with Gasteiger partial charge < -0.3 is 4.90 Å². The Bertz CT molecular complexity index is 525. The highest BCUT2D eigenvalue weighted by atomic mass is 35.5. The number of amides is 2. The Morgan fingerprint density at radius 3 is 2.63 bits per heavy atom. The van der Waals surface area contributed by atoms with Crippen LogP contribution in [-0.4, -0.2) is 29.5 Å². The number of carbonyl (C=O) groups is 2. The molecule has 1 aliphatic rings. The van der Waals surface area contributed by atoms with E-state index in [1.54, 1.807) is 24.1 Å². The first-order valence-corrected chi connectivity index (χ1v) is 6.29. The molecule has 1 aliphatic heterocycles. The quantitative estimate of drug-likeness (QED) is 0.913. The topological polar surface area (TPSA) is 61.8 Å². The maximum Gasteiger partial charge on any atom is 0.270 e. The lowest BCUT2D eigenvalue weighted by Crippen LogP contribution is -2.37. The van der Waals surface area contributed by atoms with Crippen molar-refractivity contribution >= 4 is 29.1 Å². The molecular weight excluding hydrogens is 266 g/mol. The molecule has 5 nitrogen and oxygen atoms in total. The zero-order chi connectivity index (χ0) is 13.8. The molecule has 6 heteroatoms. The van der Waals surface area contributed by atoms with Crippen LogP contribution in [0.25, 0.3) is 0 Å². The summed E-state index contributed by atoms with van der Waals surface area (Å²) in [4.78, 5) is 24.6. The molecule has 0 saturated heterocycles. The van der Waals surface area contributed by atoms with Crippen molar-refractivity contribution < 1.29 is 9.59 Å². The summed E-state index contributed by atoms with van der Waals surface area (Å²) >= 11 is 5.81. The van der Waals surface area contributed by atoms with E-state index in [4.69, 9.17) is 11.6 Å². The fraction of sp³-hybridized carbons (Fsp3) is 0.308. The minimum absolute atomic E-state index is 0.156. The van der Waals surface area contributed by atoms with Gasteiger partial charge in [-0.1, -0.05) is 23.7 Å². The first-order valence-electron chi connectivity index (χ1n) is 5.91. The number of hydrogen-bond acceptors (Lipinski definition) is 3. The number of rotatable bonds is 3. The molecule has 0 atom stereocenters. The van der Waals surface area contributed by atoms with Crippen molar-refractivity contribution in [1.82, 2.24) is 10.3 Å². The van der Waals surface area contributed by atoms with E-state index >= 15 is 0 Å². The number of hydrazone groups is 1. The van der Waals surface area contributed by atoms with Crippen molar-refractivity contribution in [2.45, 2.75) is 19.4 Å². The van der Waals surface area contributed by atoms with Crippen molar-refractivity contribution in [2.24, 2.45) is 5.10 Å². The van der Waals surface area contributed by atoms with E-state index in [9.17, 15) is 9.59 Å². The van der Waals surface area contributed by atoms with E-state index in [2.05, 4.69) is 10.5 Å². The molecule has 1 aromatic carbocycles. The maximum absolute atomic E-state index is 12.1. The molecule has 0 spiro atoms. The van der Waals surface area contributed by atoms with E-state index in [-0.39, 0.29) is 11.8 Å². The Kier molecular flexibility index (Phi) is 4.16. The molecular formula is C13H14ClN3O2. The van der Waals surface area contributed by atoms with E-state index < -0.39 is 0 Å². The third-order valence-electron chi connectivity index (χ3n) is 2.83. The first-order chi connectivity index (χ1) is 9.06. The Morgan fingerprint density at radius 2 is 2.05 bits per heavy atom. The average molecular weight is 280 g/mol. The van der Waals surface area contributed by atoms with E-state index in [1.165, 1.54) is 0 Å². The summed E-state index contributed by atoms with van der Waals surface area (Å²) in [6, 6.07) is 7.31. The Labute approximate surface area is 116 Å². The minimum atomic E-state index is -0.171. The van der Waals surface area contributed by atoms with Crippen LogP contribution in [0.2, 0.25) is 5.02 Å². The minimum Gasteiger partial charge on any atom is -0.336 e. The maximum atomic E-state index is 12.1. The molecule has 1 heterocycles. The second-order valence-corrected chi connectivity index (χ2v) is 4.82. The van der Waals surface area contributed by atoms with Gasteiger partial charge in [-0.3, -0.25) is 9.59 Å². The second kappa shape index (κ2) is 5.84. The van der Waals surface area contributed by atoms with Gasteiger partial charge in [0.25, 0.3) is 5.91 Å². The van der Waals surface area contributed by atoms with Gasteiger partial charge >= 0.3 is 0 Å². The number of carbonyl (C=O) groups excluding carboxylic acids is 2. The van der Waals surface area contributed by atoms with Gasteiger partial charge in [0.05, 0.1) is 0 Å². The summed E-state index contributed by atoms with van der Waals surface area (Å²) < 4.78 is 0. The fourth-order valence-electron chi connectivity index (χ4n) is 1.78. The number of nitrogens with zero attached hydrogens (tertiary/aromatic N) is 2. The van der Waals surface area contributed by atoms with Gasteiger partial charge in [0.1, 0.15) is 5.71 Å². The number of benzene rings is 1. The molecule has 0 radical (unpaired) electrons. The van der Waals surface area contributed by atoms with Crippen LogP contribution >= 0.6 is 11.6 Å². The molecule has 2 rings (SSSR count). The average Bonchev–Trinajstić information content (AvgIpc) is 2.41. The van der Waals surface area contributed by atoms with E-state index in [0.717, 1.165) is 5.56 Å². The van der Waals surface area contributed by atoms with Crippen LogP contribution in [0, 0.1) is 0 Å². The Hall–Kier alpha value is -1.88. The van der Waals surface area contributed by atoms with Gasteiger partial charge in [-0.15, -0.1) is 0 Å². The molecule has 0 saturated carbocycles. The van der Waals surface area contributed by atoms with Gasteiger partial charge in [0.2, 0.25) is 5.91 Å². The van der Waals surface area contributed by atoms with Crippen LogP contribution in [0.1, 0.15) is 18.4 Å². The SMILES string of the molecule is CN(Cc1ccc(Cl)cc1)C(=O)C1=NNC(=O)CC1. The lowest BCUT2D eigenvalue weighted by atomic mass is 10.1. The van der Waals surface area contributed by atoms with Gasteiger partial charge in [-0.25, -0.2) is 5.43 Å². The lowest BCUT2D eigenvalue weighted by Gasteiger charge is -2.20. The monoisotopic (exact) mass is 279 g/mol. The van der Waals surface area contributed by atoms with Crippen LogP contribution in [0.5, 0.6) is 0 Å². The number of halogens is 1. The third-order valence-corrected chi connectivity index (χ3v) is 3.08. The van der Waals surface area contributed by atoms with E-state index in [1.807, 2.05) is 12.1 Å². The van der Waals surface area contributed by atoms with Gasteiger partial charge in [0.15, 0.2) is 0 Å². The summed E-state index contributed by atoms with van der Waals surface area (Å²) in [6.45, 7) is 0.475. The predicted octanol–water partition coefficient (Wildman–Crippen LogP) is 1.56. The van der Waals surface area contributed by atoms with Crippen LogP contribution in [0.4, 0.5) is 0 Å². The van der Waals surface area contributed by atoms with Gasteiger partial charge in [-0.2, -0.15) is 5.10 Å². The largest absolute Gasteiger partial charge is 0.336 e. The summed E-state index contributed by atoms with van der Waals surface area (Å²) in [6.07, 6.45) is 0.689. The smallest absolute Gasteiger partial charge is 0.270 e. The standard InChI is InChI=1S/C13H14ClN3O2/c1-17(8-9-2-4-10(14)5-3-9)13(19)11-6-7-12(18)16-15-11/h2-5H,6-8H2,1H3,(H,16,18). The van der Waals surface area contributed by atoms with Crippen LogP contribution < -0.4 is 5.43 Å². The third kappa shape index (κ3) is 3.54. The highest BCUT2D eigenvalue weighted by Gasteiger charge is 2.21. The molecule has 0 bridgehead atoms. The lowest BCUT2D eigenvalue weighted by molar-refractivity contribution is -0.124. The molecule has 100 valence electrons. The Balaban J connectivity index is 1.99. The highest BCUT2D eigenvalue weighted by Crippen LogP contribution is 2.12. The van der Waals surface area contributed by atoms with E-state index in [0.29, 0.717) is 30.1 Å². The molecule has 1 N–H and O–H groups in total. The van der Waals surface area contributed by atoms with Gasteiger partial charge in [0, 0.05) is 31.5 Å². The van der Waals surface area contributed by atoms with Crippen molar-refractivity contribution in [3.63, 3.8) is 0 Å². The summed E-state index contributed by atoms with van der Waals surface area (Å²) in [7, 11) is 1.70. The summed E-state index contributed by atoms with van der Waals surface area (Å²) in [5, 5.41) is 4.46. The molecule has 0 fully saturated rings. The number of hydrogen-bond donors (Lipinski definition) is 1. The molecule has 0 aliphatic carbocycles. The van der Waals surface area contributed by atoms with Crippen molar-refractivity contribution in [3.05, 3.63) is 34.9 Å². The molecule has 19 heavy (non-hydrogen) atoms. The number of nitrogens with one attached hydrogen (secondary N) is 1. The first kappa shape index (κ1) is 13.5. The Morgan fingerprint density at radius 1 is 1.37 bits per heavy atom. The van der Waals surface area contributed by atoms with Crippen molar-refractivity contribution in [1.29, 1.82) is 0 Å². The molecule has 2 amide bonds. The van der Waals surface area contributed by atoms with Crippen LogP contribution in [0.3, 0.4) is 0 Å². The predicted molar refractivity (Wildman–Crippen MR) is 72.7 cm³/mol. The summed E-state index contributed by atoms with van der Waals surface area (Å²) in [5.41, 5.74) is 3.70. The zero-order valence-corrected chi connectivity index (χ0v) is 11.3. The van der Waals surface area contributed by atoms with Crippen molar-refractivity contribution in [2.75, 3.05) is 7.05 Å². The zero-order valence-electron chi connectivity index (χ0n) is 10.5. The molecule has 0 unspecified atom stereocenters. The second-order valence-electron chi connectivity index (χ2n) is 4.38. The van der Waals surface area contributed by atoms with Gasteiger partial charge in [-0.05, 0) is 17.7 Å². The molecule has 1 aromatic rings. The summed E-state index contributed by atoms with van der Waals surface area (Å²) in [5.74, 6) is -0.327. The van der Waals surface area contributed by atoms with Crippen molar-refractivity contribution in [3.8, 4) is 0 Å². The fourth-order valence-corrected chi connectivity index (χ4v) is 1.91. The molecule has 0 aromatic heterocycles. The highest BCUT2D eigenvalue weighted by molar-refractivity contribution is 6.39. The van der Waals surface area contributed by atoms with Crippen LogP contribution in [-0.2, 0) is 16.1 Å².